The van der Waals surface area contributed by atoms with Crippen molar-refractivity contribution in [3.8, 4) is 0 Å². The first kappa shape index (κ1) is 19.9. The van der Waals surface area contributed by atoms with Gasteiger partial charge in [0.1, 0.15) is 5.69 Å². The number of hydrogen-bond acceptors (Lipinski definition) is 7. The van der Waals surface area contributed by atoms with Crippen LogP contribution in [0.15, 0.2) is 30.5 Å². The van der Waals surface area contributed by atoms with Crippen molar-refractivity contribution in [2.75, 3.05) is 35.2 Å². The van der Waals surface area contributed by atoms with Gasteiger partial charge >= 0.3 is 0 Å². The third-order valence-corrected chi connectivity index (χ3v) is 3.96. The zero-order valence-electron chi connectivity index (χ0n) is 16.4. The molecule has 7 nitrogen and oxygen atoms in total. The van der Waals surface area contributed by atoms with Gasteiger partial charge in [0.05, 0.1) is 18.9 Å². The molecule has 0 saturated heterocycles. The van der Waals surface area contributed by atoms with E-state index in [2.05, 4.69) is 63.8 Å². The number of aromatic nitrogens is 3. The largest absolute Gasteiger partial charge is 0.377 e. The number of rotatable bonds is 10. The van der Waals surface area contributed by atoms with E-state index in [1.807, 2.05) is 26.0 Å². The van der Waals surface area contributed by atoms with Gasteiger partial charge in [-0.1, -0.05) is 6.07 Å². The molecule has 1 aromatic carbocycles. The Hall–Kier alpha value is -2.41. The predicted octanol–water partition coefficient (Wildman–Crippen LogP) is 3.69. The molecule has 7 heteroatoms. The lowest BCUT2D eigenvalue weighted by Gasteiger charge is -2.22. The van der Waals surface area contributed by atoms with Gasteiger partial charge in [0, 0.05) is 30.5 Å². The molecule has 0 radical (unpaired) electrons. The molecule has 0 aliphatic heterocycles. The maximum absolute atomic E-state index is 5.66. The Labute approximate surface area is 156 Å². The van der Waals surface area contributed by atoms with Gasteiger partial charge in [0.25, 0.3) is 0 Å². The van der Waals surface area contributed by atoms with E-state index >= 15 is 0 Å². The van der Waals surface area contributed by atoms with Crippen LogP contribution in [0.4, 0.5) is 22.9 Å². The molecule has 26 heavy (non-hydrogen) atoms. The second-order valence-electron chi connectivity index (χ2n) is 6.47. The van der Waals surface area contributed by atoms with E-state index in [1.54, 1.807) is 6.20 Å². The van der Waals surface area contributed by atoms with Gasteiger partial charge in [0.15, 0.2) is 5.82 Å². The van der Waals surface area contributed by atoms with E-state index in [0.29, 0.717) is 12.4 Å². The van der Waals surface area contributed by atoms with Gasteiger partial charge < -0.3 is 20.3 Å². The Kier molecular flexibility index (Phi) is 7.59. The summed E-state index contributed by atoms with van der Waals surface area (Å²) in [5, 5.41) is 18.5. The molecule has 0 bridgehead atoms. The average Bonchev–Trinajstić information content (AvgIpc) is 2.63. The van der Waals surface area contributed by atoms with Gasteiger partial charge in [-0.15, -0.1) is 10.2 Å². The van der Waals surface area contributed by atoms with Crippen LogP contribution < -0.4 is 15.5 Å². The highest BCUT2D eigenvalue weighted by Crippen LogP contribution is 2.25. The topological polar surface area (TPSA) is 75.2 Å². The van der Waals surface area contributed by atoms with Gasteiger partial charge in [0.2, 0.25) is 0 Å². The van der Waals surface area contributed by atoms with Crippen molar-refractivity contribution >= 4 is 22.9 Å². The molecular weight excluding hydrogens is 328 g/mol. The molecule has 1 aromatic heterocycles. The second kappa shape index (κ2) is 9.91. The number of anilines is 4. The summed E-state index contributed by atoms with van der Waals surface area (Å²) in [5.74, 6) is 0.646. The van der Waals surface area contributed by atoms with Crippen molar-refractivity contribution in [3.63, 3.8) is 0 Å². The van der Waals surface area contributed by atoms with E-state index < -0.39 is 0 Å². The van der Waals surface area contributed by atoms with E-state index in [4.69, 9.17) is 4.74 Å². The summed E-state index contributed by atoms with van der Waals surface area (Å²) in [5.41, 5.74) is 2.94. The number of ether oxygens (including phenoxy) is 1. The van der Waals surface area contributed by atoms with Crippen molar-refractivity contribution in [2.45, 2.75) is 46.8 Å². The average molecular weight is 358 g/mol. The normalized spacial score (nSPS) is 12.1. The first-order valence-electron chi connectivity index (χ1n) is 9.22. The Morgan fingerprint density at radius 2 is 1.92 bits per heavy atom. The van der Waals surface area contributed by atoms with E-state index in [0.717, 1.165) is 24.5 Å². The molecule has 2 N–H and O–H groups in total. The fraction of sp³-hybridized carbons (Fsp3) is 0.526. The van der Waals surface area contributed by atoms with Crippen LogP contribution in [0.3, 0.4) is 0 Å². The quantitative estimate of drug-likeness (QED) is 0.671. The number of nitrogens with zero attached hydrogens (tertiary/aromatic N) is 4. The molecule has 142 valence electrons. The van der Waals surface area contributed by atoms with Gasteiger partial charge in [-0.25, -0.2) is 0 Å². The Bertz CT molecular complexity index is 675. The molecule has 0 aliphatic carbocycles. The summed E-state index contributed by atoms with van der Waals surface area (Å²) in [7, 11) is 0. The van der Waals surface area contributed by atoms with Crippen LogP contribution in [-0.4, -0.2) is 47.3 Å². The molecule has 0 fully saturated rings. The molecule has 1 atom stereocenters. The van der Waals surface area contributed by atoms with Crippen molar-refractivity contribution < 1.29 is 4.74 Å². The maximum atomic E-state index is 5.66. The lowest BCUT2D eigenvalue weighted by atomic mass is 10.2. The standard InChI is InChI=1S/C19H30N6O/c1-6-25(7-2)17-10-8-9-16(11-17)22-19-18(12-20-24-23-19)21-15(5)13-26-14(3)4/h8-12,14-15H,6-7,13H2,1-5H3,(H,21,24)(H,20,22,23). The fourth-order valence-electron chi connectivity index (χ4n) is 2.62. The maximum Gasteiger partial charge on any atom is 0.179 e. The summed E-state index contributed by atoms with van der Waals surface area (Å²) in [6.07, 6.45) is 1.88. The smallest absolute Gasteiger partial charge is 0.179 e. The molecule has 0 saturated carbocycles. The fourth-order valence-corrected chi connectivity index (χ4v) is 2.62. The SMILES string of the molecule is CCN(CC)c1cccc(Nc2nnncc2NC(C)COC(C)C)c1. The van der Waals surface area contributed by atoms with Crippen molar-refractivity contribution in [1.29, 1.82) is 0 Å². The van der Waals surface area contributed by atoms with Crippen LogP contribution >= 0.6 is 0 Å². The second-order valence-corrected chi connectivity index (χ2v) is 6.47. The van der Waals surface area contributed by atoms with Crippen molar-refractivity contribution in [3.05, 3.63) is 30.5 Å². The van der Waals surface area contributed by atoms with Crippen LogP contribution in [0.1, 0.15) is 34.6 Å². The minimum Gasteiger partial charge on any atom is -0.377 e. The van der Waals surface area contributed by atoms with Gasteiger partial charge in [-0.05, 0) is 58.0 Å². The zero-order chi connectivity index (χ0) is 18.9. The van der Waals surface area contributed by atoms with Crippen molar-refractivity contribution in [2.24, 2.45) is 0 Å². The summed E-state index contributed by atoms with van der Waals surface area (Å²) in [4.78, 5) is 2.30. The minimum atomic E-state index is 0.131. The molecule has 0 amide bonds. The highest BCUT2D eigenvalue weighted by molar-refractivity contribution is 5.71. The summed E-state index contributed by atoms with van der Waals surface area (Å²) in [6, 6.07) is 8.41. The number of hydrogen-bond donors (Lipinski definition) is 2. The Morgan fingerprint density at radius 1 is 1.15 bits per heavy atom. The first-order chi connectivity index (χ1) is 12.5. The molecule has 0 spiro atoms. The minimum absolute atomic E-state index is 0.131. The number of nitrogens with one attached hydrogen (secondary N) is 2. The third-order valence-electron chi connectivity index (χ3n) is 3.96. The lowest BCUT2D eigenvalue weighted by molar-refractivity contribution is 0.0743. The zero-order valence-corrected chi connectivity index (χ0v) is 16.4. The van der Waals surface area contributed by atoms with Gasteiger partial charge in [-0.3, -0.25) is 0 Å². The molecule has 2 rings (SSSR count). The monoisotopic (exact) mass is 358 g/mol. The van der Waals surface area contributed by atoms with Crippen LogP contribution in [0, 0.1) is 0 Å². The summed E-state index contributed by atoms with van der Waals surface area (Å²) >= 11 is 0. The molecule has 2 aromatic rings. The molecule has 1 unspecified atom stereocenters. The lowest BCUT2D eigenvalue weighted by Crippen LogP contribution is -2.24. The van der Waals surface area contributed by atoms with Crippen molar-refractivity contribution in [1.82, 2.24) is 15.4 Å². The summed E-state index contributed by atoms with van der Waals surface area (Å²) in [6.45, 7) is 13.0. The third kappa shape index (κ3) is 5.84. The van der Waals surface area contributed by atoms with Crippen LogP contribution in [0.25, 0.3) is 0 Å². The van der Waals surface area contributed by atoms with Crippen LogP contribution in [0.2, 0.25) is 0 Å². The Balaban J connectivity index is 2.11. The van der Waals surface area contributed by atoms with Crippen LogP contribution in [0.5, 0.6) is 0 Å². The molecular formula is C19H30N6O. The highest BCUT2D eigenvalue weighted by atomic mass is 16.5. The van der Waals surface area contributed by atoms with E-state index in [1.165, 1.54) is 5.69 Å². The van der Waals surface area contributed by atoms with Crippen LogP contribution in [-0.2, 0) is 4.74 Å². The molecule has 1 heterocycles. The summed E-state index contributed by atoms with van der Waals surface area (Å²) < 4.78 is 5.66. The first-order valence-corrected chi connectivity index (χ1v) is 9.22. The molecule has 0 aliphatic rings. The van der Waals surface area contributed by atoms with Gasteiger partial charge in [-0.2, -0.15) is 0 Å². The number of benzene rings is 1. The van der Waals surface area contributed by atoms with E-state index in [9.17, 15) is 0 Å². The highest BCUT2D eigenvalue weighted by Gasteiger charge is 2.11. The van der Waals surface area contributed by atoms with E-state index in [-0.39, 0.29) is 12.1 Å². The predicted molar refractivity (Wildman–Crippen MR) is 107 cm³/mol. The Morgan fingerprint density at radius 3 is 2.62 bits per heavy atom.